The van der Waals surface area contributed by atoms with Crippen molar-refractivity contribution in [2.24, 2.45) is 0 Å². The maximum atomic E-state index is 13.4. The first kappa shape index (κ1) is 20.6. The molecule has 1 aromatic carbocycles. The van der Waals surface area contributed by atoms with Crippen molar-refractivity contribution < 1.29 is 13.2 Å². The van der Waals surface area contributed by atoms with Gasteiger partial charge in [0, 0.05) is 31.0 Å². The molecule has 0 aliphatic heterocycles. The molecule has 0 bridgehead atoms. The second kappa shape index (κ2) is 8.93. The van der Waals surface area contributed by atoms with Crippen molar-refractivity contribution >= 4 is 27.6 Å². The van der Waals surface area contributed by atoms with E-state index < -0.39 is 15.9 Å². The zero-order valence-electron chi connectivity index (χ0n) is 16.3. The summed E-state index contributed by atoms with van der Waals surface area (Å²) in [5.74, 6) is 0.375. The molecule has 29 heavy (non-hydrogen) atoms. The summed E-state index contributed by atoms with van der Waals surface area (Å²) in [5, 5.41) is 0. The molecule has 0 spiro atoms. The summed E-state index contributed by atoms with van der Waals surface area (Å²) in [4.78, 5) is 23.3. The van der Waals surface area contributed by atoms with Crippen LogP contribution in [0.2, 0.25) is 0 Å². The predicted molar refractivity (Wildman–Crippen MR) is 111 cm³/mol. The Bertz CT molecular complexity index is 1030. The van der Waals surface area contributed by atoms with Gasteiger partial charge < -0.3 is 0 Å². The lowest BCUT2D eigenvalue weighted by molar-refractivity contribution is 0.0997. The maximum absolute atomic E-state index is 13.4. The summed E-state index contributed by atoms with van der Waals surface area (Å²) >= 11 is 0. The molecule has 3 rings (SSSR count). The van der Waals surface area contributed by atoms with Crippen molar-refractivity contribution in [2.45, 2.75) is 18.7 Å². The Hall–Kier alpha value is -3.10. The number of amides is 1. The van der Waals surface area contributed by atoms with Crippen LogP contribution in [0.15, 0.2) is 78.0 Å². The minimum Gasteiger partial charge on any atom is -0.268 e. The number of rotatable bonds is 7. The standard InChI is InChI=1S/C21H22N4O3S/c1-3-24(4-2)29(27,28)18-11-9-10-17(16-18)21(26)25(19-12-5-7-14-22-19)20-13-6-8-15-23-20/h5-16H,3-4H2,1-2H3. The summed E-state index contributed by atoms with van der Waals surface area (Å²) in [6.45, 7) is 4.26. The Labute approximate surface area is 170 Å². The van der Waals surface area contributed by atoms with Crippen LogP contribution in [0.1, 0.15) is 24.2 Å². The van der Waals surface area contributed by atoms with Gasteiger partial charge in [0.2, 0.25) is 10.0 Å². The molecule has 7 nitrogen and oxygen atoms in total. The number of hydrogen-bond donors (Lipinski definition) is 0. The molecule has 150 valence electrons. The minimum atomic E-state index is -3.68. The fraction of sp³-hybridized carbons (Fsp3) is 0.190. The first-order valence-electron chi connectivity index (χ1n) is 9.25. The molecule has 0 aliphatic rings. The van der Waals surface area contributed by atoms with Crippen LogP contribution in [0, 0.1) is 0 Å². The van der Waals surface area contributed by atoms with E-state index >= 15 is 0 Å². The largest absolute Gasteiger partial charge is 0.268 e. The maximum Gasteiger partial charge on any atom is 0.265 e. The van der Waals surface area contributed by atoms with Gasteiger partial charge in [0.15, 0.2) is 0 Å². The van der Waals surface area contributed by atoms with E-state index in [9.17, 15) is 13.2 Å². The van der Waals surface area contributed by atoms with Gasteiger partial charge in [0.1, 0.15) is 11.6 Å². The van der Waals surface area contributed by atoms with Gasteiger partial charge in [0.25, 0.3) is 5.91 Å². The molecule has 2 aromatic heterocycles. The van der Waals surface area contributed by atoms with Crippen molar-refractivity contribution in [1.29, 1.82) is 0 Å². The van der Waals surface area contributed by atoms with Crippen LogP contribution in [0.3, 0.4) is 0 Å². The third-order valence-corrected chi connectivity index (χ3v) is 6.43. The van der Waals surface area contributed by atoms with Gasteiger partial charge in [-0.1, -0.05) is 32.0 Å². The number of benzene rings is 1. The Morgan fingerprint density at radius 3 is 1.93 bits per heavy atom. The molecule has 0 radical (unpaired) electrons. The first-order chi connectivity index (χ1) is 14.0. The van der Waals surface area contributed by atoms with E-state index in [1.807, 2.05) is 0 Å². The van der Waals surface area contributed by atoms with E-state index in [0.717, 1.165) is 0 Å². The van der Waals surface area contributed by atoms with Crippen LogP contribution in [-0.4, -0.2) is 41.7 Å². The minimum absolute atomic E-state index is 0.0778. The highest BCUT2D eigenvalue weighted by Crippen LogP contribution is 2.25. The van der Waals surface area contributed by atoms with Gasteiger partial charge in [-0.05, 0) is 42.5 Å². The quantitative estimate of drug-likeness (QED) is 0.595. The van der Waals surface area contributed by atoms with Gasteiger partial charge in [-0.3, -0.25) is 4.79 Å². The second-order valence-corrected chi connectivity index (χ2v) is 8.07. The number of carbonyl (C=O) groups is 1. The normalized spacial score (nSPS) is 11.4. The molecule has 1 amide bonds. The van der Waals surface area contributed by atoms with Crippen LogP contribution >= 0.6 is 0 Å². The second-order valence-electron chi connectivity index (χ2n) is 6.13. The molecule has 8 heteroatoms. The number of pyridine rings is 2. The molecule has 3 aromatic rings. The van der Waals surface area contributed by atoms with Crippen molar-refractivity contribution in [3.63, 3.8) is 0 Å². The number of hydrogen-bond acceptors (Lipinski definition) is 5. The molecule has 0 saturated carbocycles. The molecular weight excluding hydrogens is 388 g/mol. The van der Waals surface area contributed by atoms with Gasteiger partial charge >= 0.3 is 0 Å². The Morgan fingerprint density at radius 1 is 0.862 bits per heavy atom. The van der Waals surface area contributed by atoms with E-state index in [1.165, 1.54) is 21.3 Å². The summed E-state index contributed by atoms with van der Waals surface area (Å²) in [6, 6.07) is 16.5. The van der Waals surface area contributed by atoms with Crippen LogP contribution in [0.25, 0.3) is 0 Å². The average molecular weight is 410 g/mol. The first-order valence-corrected chi connectivity index (χ1v) is 10.7. The molecule has 0 atom stereocenters. The Balaban J connectivity index is 2.06. The number of nitrogens with zero attached hydrogens (tertiary/aromatic N) is 4. The lowest BCUT2D eigenvalue weighted by atomic mass is 10.2. The summed E-state index contributed by atoms with van der Waals surface area (Å²) in [5.41, 5.74) is 0.231. The number of carbonyl (C=O) groups excluding carboxylic acids is 1. The number of aromatic nitrogens is 2. The van der Waals surface area contributed by atoms with Crippen molar-refractivity contribution in [3.8, 4) is 0 Å². The van der Waals surface area contributed by atoms with Crippen molar-refractivity contribution in [1.82, 2.24) is 14.3 Å². The Kier molecular flexibility index (Phi) is 6.36. The van der Waals surface area contributed by atoms with Crippen LogP contribution in [0.5, 0.6) is 0 Å². The van der Waals surface area contributed by atoms with E-state index in [-0.39, 0.29) is 10.5 Å². The van der Waals surface area contributed by atoms with Crippen molar-refractivity contribution in [2.75, 3.05) is 18.0 Å². The fourth-order valence-corrected chi connectivity index (χ4v) is 4.43. The topological polar surface area (TPSA) is 83.5 Å². The lowest BCUT2D eigenvalue weighted by Gasteiger charge is -2.22. The third kappa shape index (κ3) is 4.33. The lowest BCUT2D eigenvalue weighted by Crippen LogP contribution is -2.31. The molecule has 0 aliphatic carbocycles. The van der Waals surface area contributed by atoms with Gasteiger partial charge in [-0.15, -0.1) is 0 Å². The monoisotopic (exact) mass is 410 g/mol. The predicted octanol–water partition coefficient (Wildman–Crippen LogP) is 3.49. The SMILES string of the molecule is CCN(CC)S(=O)(=O)c1cccc(C(=O)N(c2ccccn2)c2ccccn2)c1. The van der Waals surface area contributed by atoms with Crippen LogP contribution < -0.4 is 4.90 Å². The Morgan fingerprint density at radius 2 is 1.45 bits per heavy atom. The van der Waals surface area contributed by atoms with E-state index in [0.29, 0.717) is 24.7 Å². The highest BCUT2D eigenvalue weighted by Gasteiger charge is 2.26. The zero-order valence-corrected chi connectivity index (χ0v) is 17.1. The van der Waals surface area contributed by atoms with Crippen LogP contribution in [-0.2, 0) is 10.0 Å². The summed E-state index contributed by atoms with van der Waals surface area (Å²) in [7, 11) is -3.68. The summed E-state index contributed by atoms with van der Waals surface area (Å²) < 4.78 is 27.1. The smallest absolute Gasteiger partial charge is 0.265 e. The molecule has 0 N–H and O–H groups in total. The molecule has 0 fully saturated rings. The molecule has 0 saturated heterocycles. The average Bonchev–Trinajstić information content (AvgIpc) is 2.76. The highest BCUT2D eigenvalue weighted by atomic mass is 32.2. The van der Waals surface area contributed by atoms with Gasteiger partial charge in [-0.25, -0.2) is 23.3 Å². The fourth-order valence-electron chi connectivity index (χ4n) is 2.93. The van der Waals surface area contributed by atoms with Gasteiger partial charge in [-0.2, -0.15) is 4.31 Å². The molecule has 2 heterocycles. The molecule has 0 unspecified atom stereocenters. The number of sulfonamides is 1. The van der Waals surface area contributed by atoms with E-state index in [2.05, 4.69) is 9.97 Å². The van der Waals surface area contributed by atoms with Gasteiger partial charge in [0.05, 0.1) is 4.90 Å². The zero-order chi connectivity index (χ0) is 20.9. The number of anilines is 2. The summed E-state index contributed by atoms with van der Waals surface area (Å²) in [6.07, 6.45) is 3.17. The van der Waals surface area contributed by atoms with E-state index in [1.54, 1.807) is 74.8 Å². The third-order valence-electron chi connectivity index (χ3n) is 4.38. The highest BCUT2D eigenvalue weighted by molar-refractivity contribution is 7.89. The molecular formula is C21H22N4O3S. The van der Waals surface area contributed by atoms with Crippen LogP contribution in [0.4, 0.5) is 11.6 Å². The van der Waals surface area contributed by atoms with E-state index in [4.69, 9.17) is 0 Å². The van der Waals surface area contributed by atoms with Crippen molar-refractivity contribution in [3.05, 3.63) is 78.6 Å².